The predicted molar refractivity (Wildman–Crippen MR) is 118 cm³/mol. The van der Waals surface area contributed by atoms with Gasteiger partial charge in [0.2, 0.25) is 0 Å². The second-order valence-corrected chi connectivity index (χ2v) is 8.10. The van der Waals surface area contributed by atoms with Crippen LogP contribution in [-0.4, -0.2) is 54.1 Å². The normalized spacial score (nSPS) is 25.3. The van der Waals surface area contributed by atoms with E-state index in [0.29, 0.717) is 27.5 Å². The number of fused-ring (bicyclic) bond motifs is 2. The highest BCUT2D eigenvalue weighted by Crippen LogP contribution is 2.39. The SMILES string of the molecule is C#C[C@@]1(O)[C@@H](COc2ccc3ccc(Cl)nc3c2)O[C@@H](n2ccc3c(Cl)ncnc32)[C@@H]1O. The Morgan fingerprint density at radius 2 is 2.03 bits per heavy atom. The van der Waals surface area contributed by atoms with Crippen LogP contribution >= 0.6 is 23.2 Å². The number of terminal acetylenes is 1. The van der Waals surface area contributed by atoms with E-state index in [1.807, 2.05) is 12.1 Å². The van der Waals surface area contributed by atoms with Gasteiger partial charge >= 0.3 is 0 Å². The Bertz CT molecular complexity index is 1370. The molecule has 5 rings (SSSR count). The molecule has 4 atom stereocenters. The lowest BCUT2D eigenvalue weighted by atomic mass is 9.93. The summed E-state index contributed by atoms with van der Waals surface area (Å²) in [6.45, 7) is -0.116. The van der Waals surface area contributed by atoms with Crippen molar-refractivity contribution in [2.45, 2.75) is 24.0 Å². The summed E-state index contributed by atoms with van der Waals surface area (Å²) in [6, 6.07) is 10.6. The van der Waals surface area contributed by atoms with Crippen LogP contribution in [0.5, 0.6) is 5.75 Å². The summed E-state index contributed by atoms with van der Waals surface area (Å²) in [4.78, 5) is 12.4. The molecule has 10 heteroatoms. The van der Waals surface area contributed by atoms with E-state index in [0.717, 1.165) is 5.39 Å². The molecule has 1 saturated heterocycles. The summed E-state index contributed by atoms with van der Waals surface area (Å²) >= 11 is 12.1. The second-order valence-electron chi connectivity index (χ2n) is 7.35. The van der Waals surface area contributed by atoms with Crippen molar-refractivity contribution in [3.63, 3.8) is 0 Å². The van der Waals surface area contributed by atoms with Gasteiger partial charge in [0, 0.05) is 17.6 Å². The Labute approximate surface area is 192 Å². The van der Waals surface area contributed by atoms with E-state index < -0.39 is 24.0 Å². The van der Waals surface area contributed by atoms with Crippen LogP contribution in [0.4, 0.5) is 0 Å². The minimum atomic E-state index is -1.99. The van der Waals surface area contributed by atoms with Gasteiger partial charge in [-0.25, -0.2) is 15.0 Å². The fourth-order valence-corrected chi connectivity index (χ4v) is 4.14. The van der Waals surface area contributed by atoms with Gasteiger partial charge in [-0.05, 0) is 30.3 Å². The van der Waals surface area contributed by atoms with Crippen molar-refractivity contribution < 1.29 is 19.7 Å². The van der Waals surface area contributed by atoms with Gasteiger partial charge in [0.1, 0.15) is 46.8 Å². The molecule has 32 heavy (non-hydrogen) atoms. The van der Waals surface area contributed by atoms with Crippen LogP contribution in [0.1, 0.15) is 6.23 Å². The lowest BCUT2D eigenvalue weighted by Gasteiger charge is -2.25. The average molecular weight is 471 g/mol. The van der Waals surface area contributed by atoms with Crippen molar-refractivity contribution in [2.75, 3.05) is 6.61 Å². The zero-order valence-corrected chi connectivity index (χ0v) is 17.9. The van der Waals surface area contributed by atoms with Crippen molar-refractivity contribution in [2.24, 2.45) is 0 Å². The first kappa shape index (κ1) is 20.9. The molecule has 0 amide bonds. The van der Waals surface area contributed by atoms with Crippen LogP contribution in [0, 0.1) is 12.3 Å². The molecule has 1 aliphatic rings. The molecule has 0 radical (unpaired) electrons. The van der Waals surface area contributed by atoms with Gasteiger partial charge in [0.15, 0.2) is 11.8 Å². The van der Waals surface area contributed by atoms with Crippen molar-refractivity contribution in [1.29, 1.82) is 0 Å². The number of halogens is 2. The number of benzene rings is 1. The Morgan fingerprint density at radius 3 is 2.84 bits per heavy atom. The van der Waals surface area contributed by atoms with Gasteiger partial charge in [-0.3, -0.25) is 0 Å². The molecule has 0 saturated carbocycles. The van der Waals surface area contributed by atoms with E-state index >= 15 is 0 Å². The number of aliphatic hydroxyl groups is 2. The monoisotopic (exact) mass is 470 g/mol. The van der Waals surface area contributed by atoms with Gasteiger partial charge in [-0.2, -0.15) is 0 Å². The molecule has 1 aliphatic heterocycles. The number of aliphatic hydroxyl groups excluding tert-OH is 1. The number of nitrogens with zero attached hydrogens (tertiary/aromatic N) is 4. The van der Waals surface area contributed by atoms with Crippen molar-refractivity contribution in [3.8, 4) is 18.1 Å². The van der Waals surface area contributed by atoms with Crippen molar-refractivity contribution in [3.05, 3.63) is 59.2 Å². The summed E-state index contributed by atoms with van der Waals surface area (Å²) in [5, 5.41) is 24.0. The molecule has 4 aromatic rings. The Balaban J connectivity index is 1.41. The highest BCUT2D eigenvalue weighted by atomic mass is 35.5. The van der Waals surface area contributed by atoms with Crippen molar-refractivity contribution >= 4 is 45.1 Å². The largest absolute Gasteiger partial charge is 0.491 e. The number of hydrogen-bond donors (Lipinski definition) is 2. The Kier molecular flexibility index (Phi) is 5.16. The van der Waals surface area contributed by atoms with Gasteiger partial charge < -0.3 is 24.3 Å². The number of rotatable bonds is 4. The Hall–Kier alpha value is -2.93. The van der Waals surface area contributed by atoms with E-state index in [1.165, 1.54) is 6.33 Å². The van der Waals surface area contributed by atoms with Crippen LogP contribution in [0.25, 0.3) is 21.9 Å². The fraction of sp³-hybridized carbons (Fsp3) is 0.227. The van der Waals surface area contributed by atoms with Gasteiger partial charge in [0.25, 0.3) is 0 Å². The third kappa shape index (κ3) is 3.35. The second kappa shape index (κ2) is 7.89. The zero-order valence-electron chi connectivity index (χ0n) is 16.4. The first-order chi connectivity index (χ1) is 15.4. The van der Waals surface area contributed by atoms with E-state index in [4.69, 9.17) is 39.1 Å². The number of aromatic nitrogens is 4. The van der Waals surface area contributed by atoms with Crippen LogP contribution in [0.15, 0.2) is 48.9 Å². The highest BCUT2D eigenvalue weighted by molar-refractivity contribution is 6.33. The highest BCUT2D eigenvalue weighted by Gasteiger charge is 2.55. The molecule has 8 nitrogen and oxygen atoms in total. The minimum Gasteiger partial charge on any atom is -0.491 e. The summed E-state index contributed by atoms with van der Waals surface area (Å²) in [5.41, 5.74) is -0.897. The first-order valence-corrected chi connectivity index (χ1v) is 10.4. The van der Waals surface area contributed by atoms with Crippen LogP contribution in [-0.2, 0) is 4.74 Å². The summed E-state index contributed by atoms with van der Waals surface area (Å²) < 4.78 is 13.3. The molecule has 0 unspecified atom stereocenters. The van der Waals surface area contributed by atoms with Gasteiger partial charge in [-0.1, -0.05) is 29.1 Å². The molecular formula is C22H16Cl2N4O4. The van der Waals surface area contributed by atoms with Gasteiger partial charge in [-0.15, -0.1) is 6.42 Å². The lowest BCUT2D eigenvalue weighted by molar-refractivity contribution is -0.0554. The number of hydrogen-bond acceptors (Lipinski definition) is 7. The standard InChI is InChI=1S/C22H16Cl2N4O4/c1-2-22(30)16(10-31-13-5-3-12-4-6-17(23)27-15(12)9-13)32-21(18(22)29)28-8-7-14-19(24)25-11-26-20(14)28/h1,3-9,11,16,18,21,29-30H,10H2/t16-,18+,21-,22-/m1/s1. The van der Waals surface area contributed by atoms with Crippen LogP contribution in [0.3, 0.4) is 0 Å². The molecule has 162 valence electrons. The molecule has 4 heterocycles. The maximum absolute atomic E-state index is 11.0. The third-order valence-corrected chi connectivity index (χ3v) is 6.02. The molecule has 0 bridgehead atoms. The van der Waals surface area contributed by atoms with E-state index in [9.17, 15) is 10.2 Å². The molecular weight excluding hydrogens is 455 g/mol. The fourth-order valence-electron chi connectivity index (χ4n) is 3.80. The summed E-state index contributed by atoms with van der Waals surface area (Å²) in [6.07, 6.45) is 5.05. The molecule has 2 N–H and O–H groups in total. The first-order valence-electron chi connectivity index (χ1n) is 9.60. The van der Waals surface area contributed by atoms with E-state index in [1.54, 1.807) is 35.0 Å². The van der Waals surface area contributed by atoms with Crippen LogP contribution in [0.2, 0.25) is 10.3 Å². The number of ether oxygens (including phenoxy) is 2. The molecule has 0 spiro atoms. The minimum absolute atomic E-state index is 0.116. The topological polar surface area (TPSA) is 103 Å². The van der Waals surface area contributed by atoms with Crippen LogP contribution < -0.4 is 4.74 Å². The van der Waals surface area contributed by atoms with E-state index in [2.05, 4.69) is 20.9 Å². The van der Waals surface area contributed by atoms with Gasteiger partial charge in [0.05, 0.1) is 10.9 Å². The molecule has 0 aliphatic carbocycles. The van der Waals surface area contributed by atoms with E-state index in [-0.39, 0.29) is 11.8 Å². The summed E-state index contributed by atoms with van der Waals surface area (Å²) in [7, 11) is 0. The Morgan fingerprint density at radius 1 is 1.22 bits per heavy atom. The number of pyridine rings is 1. The predicted octanol–water partition coefficient (Wildman–Crippen LogP) is 2.99. The van der Waals surface area contributed by atoms with Crippen molar-refractivity contribution in [1.82, 2.24) is 19.5 Å². The summed E-state index contributed by atoms with van der Waals surface area (Å²) in [5.74, 6) is 2.75. The molecule has 1 aromatic carbocycles. The lowest BCUT2D eigenvalue weighted by Crippen LogP contribution is -2.48. The molecule has 1 fully saturated rings. The third-order valence-electron chi connectivity index (χ3n) is 5.51. The molecule has 3 aromatic heterocycles. The zero-order chi connectivity index (χ0) is 22.5. The smallest absolute Gasteiger partial charge is 0.185 e. The quantitative estimate of drug-likeness (QED) is 0.268. The maximum atomic E-state index is 11.0. The maximum Gasteiger partial charge on any atom is 0.185 e. The average Bonchev–Trinajstić information content (AvgIpc) is 3.32.